The van der Waals surface area contributed by atoms with Gasteiger partial charge < -0.3 is 9.47 Å². The van der Waals surface area contributed by atoms with Crippen LogP contribution >= 0.6 is 11.6 Å². The Balaban J connectivity index is 0.000000419. The smallest absolute Gasteiger partial charge is 0.343 e. The summed E-state index contributed by atoms with van der Waals surface area (Å²) in [7, 11) is 0. The van der Waals surface area contributed by atoms with Gasteiger partial charge in [-0.05, 0) is 41.8 Å². The van der Waals surface area contributed by atoms with E-state index in [-0.39, 0.29) is 5.02 Å². The Morgan fingerprint density at radius 2 is 1.76 bits per heavy atom. The summed E-state index contributed by atoms with van der Waals surface area (Å²) in [5.41, 5.74) is 2.88. The highest BCUT2D eigenvalue weighted by molar-refractivity contribution is 6.31. The molecule has 1 aliphatic heterocycles. The molecule has 1 saturated heterocycles. The van der Waals surface area contributed by atoms with Gasteiger partial charge in [0.1, 0.15) is 11.8 Å². The van der Waals surface area contributed by atoms with Gasteiger partial charge in [-0.2, -0.15) is 5.26 Å². The molecule has 4 nitrogen and oxygen atoms in total. The monoisotopic (exact) mass is 405 g/mol. The lowest BCUT2D eigenvalue weighted by Gasteiger charge is -2.06. The zero-order chi connectivity index (χ0) is 20.6. The second-order valence-corrected chi connectivity index (χ2v) is 6.86. The fraction of sp³-hybridized carbons (Fsp3) is 0.167. The van der Waals surface area contributed by atoms with Crippen molar-refractivity contribution in [1.82, 2.24) is 0 Å². The second-order valence-electron chi connectivity index (χ2n) is 6.45. The van der Waals surface area contributed by atoms with E-state index >= 15 is 0 Å². The van der Waals surface area contributed by atoms with Gasteiger partial charge in [-0.25, -0.2) is 4.79 Å². The van der Waals surface area contributed by atoms with Crippen molar-refractivity contribution in [1.29, 1.82) is 5.26 Å². The fourth-order valence-electron chi connectivity index (χ4n) is 2.55. The third-order valence-corrected chi connectivity index (χ3v) is 4.67. The molecule has 29 heavy (non-hydrogen) atoms. The third kappa shape index (κ3) is 5.92. The Morgan fingerprint density at radius 1 is 1.10 bits per heavy atom. The number of hydrogen-bond donors (Lipinski definition) is 0. The molecule has 1 aliphatic rings. The molecule has 0 N–H and O–H groups in total. The number of halogens is 1. The van der Waals surface area contributed by atoms with Gasteiger partial charge in [0.05, 0.1) is 28.9 Å². The van der Waals surface area contributed by atoms with E-state index in [9.17, 15) is 4.79 Å². The van der Waals surface area contributed by atoms with Crippen molar-refractivity contribution in [2.75, 3.05) is 6.61 Å². The second kappa shape index (κ2) is 9.88. The number of nitrogens with zero attached hydrogens (tertiary/aromatic N) is 1. The van der Waals surface area contributed by atoms with Gasteiger partial charge >= 0.3 is 5.97 Å². The van der Waals surface area contributed by atoms with E-state index in [0.29, 0.717) is 23.0 Å². The van der Waals surface area contributed by atoms with Crippen LogP contribution in [0, 0.1) is 11.3 Å². The van der Waals surface area contributed by atoms with Crippen LogP contribution in [0.5, 0.6) is 5.75 Å². The zero-order valence-corrected chi connectivity index (χ0v) is 16.7. The highest BCUT2D eigenvalue weighted by atomic mass is 35.5. The molecule has 0 amide bonds. The summed E-state index contributed by atoms with van der Waals surface area (Å²) in [5.74, 6) is -0.175. The normalized spacial score (nSPS) is 14.2. The summed E-state index contributed by atoms with van der Waals surface area (Å²) in [6, 6.07) is 23.6. The molecule has 0 bridgehead atoms. The minimum atomic E-state index is -0.476. The number of rotatable bonds is 4. The van der Waals surface area contributed by atoms with Gasteiger partial charge in [0.25, 0.3) is 0 Å². The lowest BCUT2D eigenvalue weighted by atomic mass is 10.0. The van der Waals surface area contributed by atoms with Crippen LogP contribution in [0.4, 0.5) is 0 Å². The van der Waals surface area contributed by atoms with Gasteiger partial charge in [0.15, 0.2) is 0 Å². The zero-order valence-electron chi connectivity index (χ0n) is 16.0. The van der Waals surface area contributed by atoms with Gasteiger partial charge in [-0.15, -0.1) is 0 Å². The number of epoxide rings is 1. The lowest BCUT2D eigenvalue weighted by Crippen LogP contribution is -2.08. The maximum atomic E-state index is 12.2. The summed E-state index contributed by atoms with van der Waals surface area (Å²) >= 11 is 5.93. The van der Waals surface area contributed by atoms with Crippen molar-refractivity contribution in [2.45, 2.75) is 19.4 Å². The van der Waals surface area contributed by atoms with E-state index in [1.807, 2.05) is 48.5 Å². The summed E-state index contributed by atoms with van der Waals surface area (Å²) in [4.78, 5) is 12.2. The molecule has 0 spiro atoms. The Labute approximate surface area is 175 Å². The predicted molar refractivity (Wildman–Crippen MR) is 113 cm³/mol. The van der Waals surface area contributed by atoms with Gasteiger partial charge in [-0.3, -0.25) is 0 Å². The van der Waals surface area contributed by atoms with Gasteiger partial charge in [0.2, 0.25) is 0 Å². The number of benzene rings is 3. The van der Waals surface area contributed by atoms with Gasteiger partial charge in [-0.1, -0.05) is 61.0 Å². The number of nitriles is 1. The molecule has 0 aliphatic carbocycles. The van der Waals surface area contributed by atoms with Crippen LogP contribution in [-0.2, 0) is 4.74 Å². The van der Waals surface area contributed by atoms with Crippen LogP contribution in [0.2, 0.25) is 5.02 Å². The van der Waals surface area contributed by atoms with Crippen molar-refractivity contribution < 1.29 is 14.3 Å². The first-order valence-electron chi connectivity index (χ1n) is 9.29. The van der Waals surface area contributed by atoms with E-state index in [2.05, 4.69) is 6.92 Å². The average molecular weight is 406 g/mol. The molecule has 1 unspecified atom stereocenters. The molecule has 0 radical (unpaired) electrons. The van der Waals surface area contributed by atoms with Crippen molar-refractivity contribution in [3.05, 3.63) is 88.9 Å². The van der Waals surface area contributed by atoms with Crippen LogP contribution in [0.15, 0.2) is 72.8 Å². The molecular weight excluding hydrogens is 386 g/mol. The number of carbonyl (C=O) groups is 1. The number of carbonyl (C=O) groups excluding carboxylic acids is 1. The number of esters is 1. The molecule has 1 heterocycles. The molecular formula is C24H20ClNO3. The van der Waals surface area contributed by atoms with E-state index in [4.69, 9.17) is 26.3 Å². The molecule has 5 heteroatoms. The number of ether oxygens (including phenoxy) is 2. The fourth-order valence-corrected chi connectivity index (χ4v) is 2.76. The van der Waals surface area contributed by atoms with E-state index in [1.165, 1.54) is 18.6 Å². The largest absolute Gasteiger partial charge is 0.423 e. The summed E-state index contributed by atoms with van der Waals surface area (Å²) in [6.07, 6.45) is 1.83. The summed E-state index contributed by atoms with van der Waals surface area (Å²) < 4.78 is 10.2. The highest BCUT2D eigenvalue weighted by Gasteiger charge is 2.18. The molecule has 0 saturated carbocycles. The predicted octanol–water partition coefficient (Wildman–Crippen LogP) is 5.89. The molecule has 146 valence electrons. The lowest BCUT2D eigenvalue weighted by molar-refractivity contribution is 0.0735. The van der Waals surface area contributed by atoms with Crippen LogP contribution in [0.3, 0.4) is 0 Å². The van der Waals surface area contributed by atoms with Crippen molar-refractivity contribution >= 4 is 17.6 Å². The van der Waals surface area contributed by atoms with Crippen LogP contribution in [0.25, 0.3) is 11.1 Å². The van der Waals surface area contributed by atoms with E-state index in [1.54, 1.807) is 18.2 Å². The van der Waals surface area contributed by atoms with E-state index < -0.39 is 5.97 Å². The first-order valence-corrected chi connectivity index (χ1v) is 9.67. The highest BCUT2D eigenvalue weighted by Crippen LogP contribution is 2.23. The SMILES string of the molecule is CCC1CO1.N#Cc1ccc(OC(=O)c2ccc(-c3ccccc3)cc2)cc1Cl. The minimum Gasteiger partial charge on any atom is -0.423 e. The number of hydrogen-bond acceptors (Lipinski definition) is 4. The first-order chi connectivity index (χ1) is 14.1. The standard InChI is InChI=1S/C20H12ClNO2.C4H8O/c21-19-12-18(11-10-17(19)13-22)24-20(23)16-8-6-15(7-9-16)14-4-2-1-3-5-14;1-2-4-3-5-4/h1-12H;4H,2-3H2,1H3. The summed E-state index contributed by atoms with van der Waals surface area (Å²) in [6.45, 7) is 3.15. The topological polar surface area (TPSA) is 62.6 Å². The molecule has 1 atom stereocenters. The molecule has 0 aromatic heterocycles. The molecule has 1 fully saturated rings. The van der Waals surface area contributed by atoms with Crippen molar-refractivity contribution in [3.8, 4) is 22.9 Å². The third-order valence-electron chi connectivity index (χ3n) is 4.36. The Hall–Kier alpha value is -3.13. The average Bonchev–Trinajstić information content (AvgIpc) is 3.60. The van der Waals surface area contributed by atoms with Crippen LogP contribution in [-0.4, -0.2) is 18.7 Å². The van der Waals surface area contributed by atoms with Gasteiger partial charge in [0, 0.05) is 6.07 Å². The maximum absolute atomic E-state index is 12.2. The summed E-state index contributed by atoms with van der Waals surface area (Å²) in [5, 5.41) is 9.10. The molecule has 3 aromatic rings. The van der Waals surface area contributed by atoms with E-state index in [0.717, 1.165) is 17.7 Å². The molecule has 3 aromatic carbocycles. The van der Waals surface area contributed by atoms with Crippen LogP contribution in [0.1, 0.15) is 29.3 Å². The Bertz CT molecular complexity index is 1010. The minimum absolute atomic E-state index is 0.252. The first kappa shape index (κ1) is 20.6. The van der Waals surface area contributed by atoms with Crippen LogP contribution < -0.4 is 4.74 Å². The molecule has 4 rings (SSSR count). The van der Waals surface area contributed by atoms with Crippen molar-refractivity contribution in [2.24, 2.45) is 0 Å². The maximum Gasteiger partial charge on any atom is 0.343 e. The quantitative estimate of drug-likeness (QED) is 0.308. The Kier molecular flexibility index (Phi) is 7.02. The van der Waals surface area contributed by atoms with Crippen molar-refractivity contribution in [3.63, 3.8) is 0 Å². The Morgan fingerprint density at radius 3 is 2.28 bits per heavy atom.